The standard InChI is InChI=1S/C16H31NO2/c1-17-15(11-10-14-9-6-12-19-14)16(18-2)13-7-4-3-5-8-13/h13-17H,3-12H2,1-2H3. The van der Waals surface area contributed by atoms with Gasteiger partial charge in [-0.3, -0.25) is 0 Å². The normalized spacial score (nSPS) is 28.4. The highest BCUT2D eigenvalue weighted by Crippen LogP contribution is 2.30. The molecule has 2 rings (SSSR count). The lowest BCUT2D eigenvalue weighted by molar-refractivity contribution is 0.00310. The Morgan fingerprint density at radius 1 is 1.16 bits per heavy atom. The van der Waals surface area contributed by atoms with E-state index in [1.807, 2.05) is 7.11 Å². The molecule has 0 aromatic rings. The Bertz CT molecular complexity index is 235. The van der Waals surface area contributed by atoms with E-state index >= 15 is 0 Å². The molecule has 1 saturated heterocycles. The molecule has 0 spiro atoms. The van der Waals surface area contributed by atoms with Gasteiger partial charge < -0.3 is 14.8 Å². The minimum absolute atomic E-state index is 0.381. The van der Waals surface area contributed by atoms with Crippen LogP contribution < -0.4 is 5.32 Å². The maximum Gasteiger partial charge on any atom is 0.0752 e. The van der Waals surface area contributed by atoms with Crippen LogP contribution in [0.1, 0.15) is 57.8 Å². The lowest BCUT2D eigenvalue weighted by Crippen LogP contribution is -2.44. The quantitative estimate of drug-likeness (QED) is 0.770. The van der Waals surface area contributed by atoms with Gasteiger partial charge in [0.05, 0.1) is 12.2 Å². The molecular weight excluding hydrogens is 238 g/mol. The van der Waals surface area contributed by atoms with Gasteiger partial charge in [-0.2, -0.15) is 0 Å². The molecule has 0 aromatic carbocycles. The van der Waals surface area contributed by atoms with Crippen LogP contribution in [-0.4, -0.2) is 39.0 Å². The summed E-state index contributed by atoms with van der Waals surface area (Å²) in [6.45, 7) is 0.964. The Hall–Kier alpha value is -0.120. The molecule has 112 valence electrons. The lowest BCUT2D eigenvalue weighted by atomic mass is 9.81. The van der Waals surface area contributed by atoms with Crippen molar-refractivity contribution in [1.29, 1.82) is 0 Å². The average Bonchev–Trinajstić information content (AvgIpc) is 2.97. The second-order valence-electron chi connectivity index (χ2n) is 6.21. The van der Waals surface area contributed by atoms with Gasteiger partial charge >= 0.3 is 0 Å². The Labute approximate surface area is 118 Å². The summed E-state index contributed by atoms with van der Waals surface area (Å²) >= 11 is 0. The Kier molecular flexibility index (Phi) is 6.62. The molecular formula is C16H31NO2. The van der Waals surface area contributed by atoms with Crippen LogP contribution in [0.15, 0.2) is 0 Å². The topological polar surface area (TPSA) is 30.5 Å². The third kappa shape index (κ3) is 4.44. The van der Waals surface area contributed by atoms with Crippen LogP contribution in [0.4, 0.5) is 0 Å². The number of methoxy groups -OCH3 is 1. The Balaban J connectivity index is 1.81. The molecule has 0 aromatic heterocycles. The van der Waals surface area contributed by atoms with Crippen molar-refractivity contribution >= 4 is 0 Å². The van der Waals surface area contributed by atoms with E-state index in [0.29, 0.717) is 18.2 Å². The summed E-state index contributed by atoms with van der Waals surface area (Å²) in [4.78, 5) is 0. The highest BCUT2D eigenvalue weighted by Gasteiger charge is 2.30. The number of rotatable bonds is 7. The summed E-state index contributed by atoms with van der Waals surface area (Å²) in [7, 11) is 3.96. The molecule has 3 heteroatoms. The summed E-state index contributed by atoms with van der Waals surface area (Å²) in [6.07, 6.45) is 12.6. The number of hydrogen-bond donors (Lipinski definition) is 1. The van der Waals surface area contributed by atoms with Crippen LogP contribution in [0.2, 0.25) is 0 Å². The molecule has 0 radical (unpaired) electrons. The molecule has 2 fully saturated rings. The first-order chi connectivity index (χ1) is 9.35. The zero-order valence-corrected chi connectivity index (χ0v) is 12.7. The number of hydrogen-bond acceptors (Lipinski definition) is 3. The third-order valence-corrected chi connectivity index (χ3v) is 4.98. The van der Waals surface area contributed by atoms with E-state index in [4.69, 9.17) is 9.47 Å². The molecule has 1 saturated carbocycles. The van der Waals surface area contributed by atoms with E-state index in [1.54, 1.807) is 0 Å². The second kappa shape index (κ2) is 8.23. The van der Waals surface area contributed by atoms with Crippen molar-refractivity contribution in [3.05, 3.63) is 0 Å². The molecule has 1 heterocycles. The van der Waals surface area contributed by atoms with E-state index in [2.05, 4.69) is 12.4 Å². The summed E-state index contributed by atoms with van der Waals surface area (Å²) in [5.74, 6) is 0.751. The van der Waals surface area contributed by atoms with Crippen LogP contribution in [-0.2, 0) is 9.47 Å². The van der Waals surface area contributed by atoms with Crippen LogP contribution in [0.25, 0.3) is 0 Å². The van der Waals surface area contributed by atoms with Crippen molar-refractivity contribution in [1.82, 2.24) is 5.32 Å². The van der Waals surface area contributed by atoms with E-state index in [0.717, 1.165) is 12.5 Å². The Morgan fingerprint density at radius 3 is 2.53 bits per heavy atom. The van der Waals surface area contributed by atoms with Crippen molar-refractivity contribution in [2.24, 2.45) is 5.92 Å². The molecule has 1 N–H and O–H groups in total. The van der Waals surface area contributed by atoms with E-state index in [9.17, 15) is 0 Å². The lowest BCUT2D eigenvalue weighted by Gasteiger charge is -2.35. The van der Waals surface area contributed by atoms with Gasteiger partial charge in [0.25, 0.3) is 0 Å². The minimum atomic E-state index is 0.381. The molecule has 2 aliphatic rings. The van der Waals surface area contributed by atoms with Gasteiger partial charge in [0.2, 0.25) is 0 Å². The Morgan fingerprint density at radius 2 is 1.95 bits per heavy atom. The predicted molar refractivity (Wildman–Crippen MR) is 78.4 cm³/mol. The molecule has 19 heavy (non-hydrogen) atoms. The van der Waals surface area contributed by atoms with E-state index in [1.165, 1.54) is 57.8 Å². The van der Waals surface area contributed by atoms with Gasteiger partial charge in [0.15, 0.2) is 0 Å². The first-order valence-corrected chi connectivity index (χ1v) is 8.16. The van der Waals surface area contributed by atoms with Crippen molar-refractivity contribution in [2.75, 3.05) is 20.8 Å². The van der Waals surface area contributed by atoms with Gasteiger partial charge in [-0.15, -0.1) is 0 Å². The maximum atomic E-state index is 5.85. The fourth-order valence-electron chi connectivity index (χ4n) is 3.86. The van der Waals surface area contributed by atoms with Crippen molar-refractivity contribution < 1.29 is 9.47 Å². The fourth-order valence-corrected chi connectivity index (χ4v) is 3.86. The van der Waals surface area contributed by atoms with Crippen LogP contribution in [0.5, 0.6) is 0 Å². The SMILES string of the molecule is CNC(CCC1CCCO1)C(OC)C1CCCCC1. The van der Waals surface area contributed by atoms with Crippen LogP contribution in [0, 0.1) is 5.92 Å². The maximum absolute atomic E-state index is 5.85. The van der Waals surface area contributed by atoms with Gasteiger partial charge in [-0.05, 0) is 51.5 Å². The number of nitrogens with one attached hydrogen (secondary N) is 1. The zero-order chi connectivity index (χ0) is 13.5. The summed E-state index contributed by atoms with van der Waals surface area (Å²) in [5.41, 5.74) is 0. The van der Waals surface area contributed by atoms with Crippen LogP contribution >= 0.6 is 0 Å². The average molecular weight is 269 g/mol. The fraction of sp³-hybridized carbons (Fsp3) is 1.00. The van der Waals surface area contributed by atoms with E-state index < -0.39 is 0 Å². The first kappa shape index (κ1) is 15.3. The molecule has 3 nitrogen and oxygen atoms in total. The summed E-state index contributed by atoms with van der Waals surface area (Å²) in [6, 6.07) is 0.484. The monoisotopic (exact) mass is 269 g/mol. The highest BCUT2D eigenvalue weighted by atomic mass is 16.5. The van der Waals surface area contributed by atoms with Gasteiger partial charge in [-0.1, -0.05) is 19.3 Å². The molecule has 1 aliphatic carbocycles. The second-order valence-corrected chi connectivity index (χ2v) is 6.21. The molecule has 3 atom stereocenters. The highest BCUT2D eigenvalue weighted by molar-refractivity contribution is 4.85. The van der Waals surface area contributed by atoms with Crippen LogP contribution in [0.3, 0.4) is 0 Å². The zero-order valence-electron chi connectivity index (χ0n) is 12.7. The molecule has 1 aliphatic heterocycles. The predicted octanol–water partition coefficient (Wildman–Crippen LogP) is 3.13. The summed E-state index contributed by atoms with van der Waals surface area (Å²) in [5, 5.41) is 3.49. The minimum Gasteiger partial charge on any atom is -0.380 e. The van der Waals surface area contributed by atoms with E-state index in [-0.39, 0.29) is 0 Å². The third-order valence-electron chi connectivity index (χ3n) is 4.98. The smallest absolute Gasteiger partial charge is 0.0752 e. The van der Waals surface area contributed by atoms with Gasteiger partial charge in [0.1, 0.15) is 0 Å². The summed E-state index contributed by atoms with van der Waals surface area (Å²) < 4.78 is 11.6. The van der Waals surface area contributed by atoms with Crippen molar-refractivity contribution in [3.63, 3.8) is 0 Å². The number of likely N-dealkylation sites (N-methyl/N-ethyl adjacent to an activating group) is 1. The van der Waals surface area contributed by atoms with Crippen molar-refractivity contribution in [3.8, 4) is 0 Å². The number of ether oxygens (including phenoxy) is 2. The first-order valence-electron chi connectivity index (χ1n) is 8.16. The van der Waals surface area contributed by atoms with Crippen molar-refractivity contribution in [2.45, 2.75) is 76.0 Å². The largest absolute Gasteiger partial charge is 0.380 e. The molecule has 0 bridgehead atoms. The van der Waals surface area contributed by atoms with Gasteiger partial charge in [-0.25, -0.2) is 0 Å². The molecule has 3 unspecified atom stereocenters. The van der Waals surface area contributed by atoms with Gasteiger partial charge in [0, 0.05) is 19.8 Å². The molecule has 0 amide bonds.